The van der Waals surface area contributed by atoms with E-state index in [-0.39, 0.29) is 6.29 Å². The van der Waals surface area contributed by atoms with Crippen molar-refractivity contribution in [2.45, 2.75) is 32.3 Å². The van der Waals surface area contributed by atoms with Crippen molar-refractivity contribution in [2.24, 2.45) is 17.8 Å². The first-order chi connectivity index (χ1) is 11.9. The number of hydrogen-bond donors (Lipinski definition) is 0. The zero-order valence-electron chi connectivity index (χ0n) is 13.9. The Balaban J connectivity index is 1.42. The van der Waals surface area contributed by atoms with Gasteiger partial charge in [0.1, 0.15) is 0 Å². The molecule has 0 radical (unpaired) electrons. The molecule has 0 aliphatic heterocycles. The van der Waals surface area contributed by atoms with Crippen LogP contribution in [-0.2, 0) is 22.7 Å². The SMILES string of the molecule is C1=CC2CC1CC2C(OCc1ccccc1)OCc1ccccc1. The Morgan fingerprint density at radius 1 is 0.750 bits per heavy atom. The van der Waals surface area contributed by atoms with Gasteiger partial charge < -0.3 is 9.47 Å². The van der Waals surface area contributed by atoms with Crippen LogP contribution in [0, 0.1) is 17.8 Å². The average molecular weight is 320 g/mol. The summed E-state index contributed by atoms with van der Waals surface area (Å²) >= 11 is 0. The lowest BCUT2D eigenvalue weighted by Gasteiger charge is -2.28. The first-order valence-electron chi connectivity index (χ1n) is 8.88. The van der Waals surface area contributed by atoms with Crippen LogP contribution in [0.5, 0.6) is 0 Å². The van der Waals surface area contributed by atoms with E-state index in [4.69, 9.17) is 9.47 Å². The van der Waals surface area contributed by atoms with E-state index in [9.17, 15) is 0 Å². The molecule has 2 heteroatoms. The van der Waals surface area contributed by atoms with Crippen molar-refractivity contribution < 1.29 is 9.47 Å². The third-order valence-corrected chi connectivity index (χ3v) is 5.19. The molecule has 2 bridgehead atoms. The fraction of sp³-hybridized carbons (Fsp3) is 0.364. The first-order valence-corrected chi connectivity index (χ1v) is 8.88. The summed E-state index contributed by atoms with van der Waals surface area (Å²) in [5, 5.41) is 0. The standard InChI is InChI=1S/C22H24O2/c1-3-7-17(8-4-1)15-23-22(21-14-19-11-12-20(21)13-19)24-16-18-9-5-2-6-10-18/h1-12,19-22H,13-16H2. The summed E-state index contributed by atoms with van der Waals surface area (Å²) in [7, 11) is 0. The Morgan fingerprint density at radius 2 is 1.33 bits per heavy atom. The van der Waals surface area contributed by atoms with E-state index in [0.717, 1.165) is 5.92 Å². The first kappa shape index (κ1) is 15.6. The Bertz CT molecular complexity index is 621. The largest absolute Gasteiger partial charge is 0.348 e. The van der Waals surface area contributed by atoms with E-state index in [2.05, 4.69) is 60.7 Å². The summed E-state index contributed by atoms with van der Waals surface area (Å²) < 4.78 is 12.5. The monoisotopic (exact) mass is 320 g/mol. The van der Waals surface area contributed by atoms with Gasteiger partial charge in [0.05, 0.1) is 13.2 Å². The fourth-order valence-electron chi connectivity index (χ4n) is 3.94. The van der Waals surface area contributed by atoms with Crippen LogP contribution in [0.1, 0.15) is 24.0 Å². The molecule has 2 aromatic carbocycles. The number of fused-ring (bicyclic) bond motifs is 2. The molecule has 1 fully saturated rings. The molecule has 0 saturated heterocycles. The molecular weight excluding hydrogens is 296 g/mol. The van der Waals surface area contributed by atoms with Gasteiger partial charge in [-0.2, -0.15) is 0 Å². The summed E-state index contributed by atoms with van der Waals surface area (Å²) in [4.78, 5) is 0. The zero-order chi connectivity index (χ0) is 16.2. The summed E-state index contributed by atoms with van der Waals surface area (Å²) in [6.07, 6.45) is 7.06. The highest BCUT2D eigenvalue weighted by molar-refractivity contribution is 5.15. The van der Waals surface area contributed by atoms with Crippen molar-refractivity contribution in [3.05, 3.63) is 83.9 Å². The molecule has 0 spiro atoms. The molecule has 124 valence electrons. The molecule has 0 N–H and O–H groups in total. The lowest BCUT2D eigenvalue weighted by Crippen LogP contribution is -2.30. The van der Waals surface area contributed by atoms with Crippen molar-refractivity contribution in [3.8, 4) is 0 Å². The summed E-state index contributed by atoms with van der Waals surface area (Å²) in [5.74, 6) is 1.82. The van der Waals surface area contributed by atoms with E-state index in [0.29, 0.717) is 25.0 Å². The Labute approximate surface area is 144 Å². The van der Waals surface area contributed by atoms with Crippen LogP contribution in [0.4, 0.5) is 0 Å². The third-order valence-electron chi connectivity index (χ3n) is 5.19. The molecule has 2 aliphatic carbocycles. The Hall–Kier alpha value is -1.90. The van der Waals surface area contributed by atoms with E-state index in [1.807, 2.05) is 12.1 Å². The van der Waals surface area contributed by atoms with E-state index in [1.165, 1.54) is 24.0 Å². The second-order valence-electron chi connectivity index (χ2n) is 6.91. The molecule has 3 atom stereocenters. The molecule has 1 saturated carbocycles. The maximum absolute atomic E-state index is 6.23. The second-order valence-corrected chi connectivity index (χ2v) is 6.91. The van der Waals surface area contributed by atoms with Crippen molar-refractivity contribution >= 4 is 0 Å². The second kappa shape index (κ2) is 7.33. The topological polar surface area (TPSA) is 18.5 Å². The normalized spacial score (nSPS) is 24.8. The average Bonchev–Trinajstić information content (AvgIpc) is 3.27. The van der Waals surface area contributed by atoms with Crippen molar-refractivity contribution in [1.82, 2.24) is 0 Å². The Kier molecular flexibility index (Phi) is 4.77. The number of ether oxygens (including phenoxy) is 2. The maximum atomic E-state index is 6.23. The highest BCUT2D eigenvalue weighted by Gasteiger charge is 2.41. The summed E-state index contributed by atoms with van der Waals surface area (Å²) in [5.41, 5.74) is 2.40. The van der Waals surface area contributed by atoms with Crippen LogP contribution in [0.3, 0.4) is 0 Å². The van der Waals surface area contributed by atoms with Crippen LogP contribution < -0.4 is 0 Å². The van der Waals surface area contributed by atoms with Gasteiger partial charge in [0.2, 0.25) is 0 Å². The van der Waals surface area contributed by atoms with Gasteiger partial charge in [-0.25, -0.2) is 0 Å². The van der Waals surface area contributed by atoms with E-state index in [1.54, 1.807) is 0 Å². The van der Waals surface area contributed by atoms with Gasteiger partial charge in [-0.15, -0.1) is 0 Å². The molecule has 3 unspecified atom stereocenters. The maximum Gasteiger partial charge on any atom is 0.161 e. The zero-order valence-corrected chi connectivity index (χ0v) is 13.9. The minimum absolute atomic E-state index is 0.134. The molecule has 0 amide bonds. The number of benzene rings is 2. The molecule has 2 nitrogen and oxygen atoms in total. The van der Waals surface area contributed by atoms with E-state index < -0.39 is 0 Å². The van der Waals surface area contributed by atoms with Gasteiger partial charge >= 0.3 is 0 Å². The highest BCUT2D eigenvalue weighted by Crippen LogP contribution is 2.46. The van der Waals surface area contributed by atoms with Gasteiger partial charge in [-0.1, -0.05) is 72.8 Å². The van der Waals surface area contributed by atoms with Crippen LogP contribution in [0.2, 0.25) is 0 Å². The minimum atomic E-state index is -0.134. The molecule has 2 aliphatic rings. The Morgan fingerprint density at radius 3 is 1.79 bits per heavy atom. The van der Waals surface area contributed by atoms with Gasteiger partial charge in [-0.3, -0.25) is 0 Å². The smallest absolute Gasteiger partial charge is 0.161 e. The number of rotatable bonds is 7. The molecule has 4 rings (SSSR count). The lowest BCUT2D eigenvalue weighted by atomic mass is 9.93. The van der Waals surface area contributed by atoms with Gasteiger partial charge in [-0.05, 0) is 35.8 Å². The summed E-state index contributed by atoms with van der Waals surface area (Å²) in [6, 6.07) is 20.7. The molecule has 0 aromatic heterocycles. The van der Waals surface area contributed by atoms with Crippen LogP contribution in [-0.4, -0.2) is 6.29 Å². The number of allylic oxidation sites excluding steroid dienone is 2. The predicted molar refractivity (Wildman–Crippen MR) is 95.1 cm³/mol. The van der Waals surface area contributed by atoms with E-state index >= 15 is 0 Å². The van der Waals surface area contributed by atoms with Crippen molar-refractivity contribution in [1.29, 1.82) is 0 Å². The van der Waals surface area contributed by atoms with Gasteiger partial charge in [0, 0.05) is 5.92 Å². The van der Waals surface area contributed by atoms with Crippen LogP contribution >= 0.6 is 0 Å². The minimum Gasteiger partial charge on any atom is -0.348 e. The molecule has 24 heavy (non-hydrogen) atoms. The molecular formula is C22H24O2. The lowest BCUT2D eigenvalue weighted by molar-refractivity contribution is -0.190. The number of hydrogen-bond acceptors (Lipinski definition) is 2. The van der Waals surface area contributed by atoms with Gasteiger partial charge in [0.15, 0.2) is 6.29 Å². The highest BCUT2D eigenvalue weighted by atomic mass is 16.7. The fourth-order valence-corrected chi connectivity index (χ4v) is 3.94. The summed E-state index contributed by atoms with van der Waals surface area (Å²) in [6.45, 7) is 1.22. The predicted octanol–water partition coefficient (Wildman–Crippen LogP) is 4.96. The molecule has 0 heterocycles. The van der Waals surface area contributed by atoms with Crippen LogP contribution in [0.15, 0.2) is 72.8 Å². The van der Waals surface area contributed by atoms with Crippen molar-refractivity contribution in [3.63, 3.8) is 0 Å². The third kappa shape index (κ3) is 3.61. The quantitative estimate of drug-likeness (QED) is 0.530. The van der Waals surface area contributed by atoms with Gasteiger partial charge in [0.25, 0.3) is 0 Å². The van der Waals surface area contributed by atoms with Crippen LogP contribution in [0.25, 0.3) is 0 Å². The van der Waals surface area contributed by atoms with Crippen molar-refractivity contribution in [2.75, 3.05) is 0 Å². The molecule has 2 aromatic rings.